The Balaban J connectivity index is 2.09. The van der Waals surface area contributed by atoms with Crippen LogP contribution in [0.2, 0.25) is 0 Å². The van der Waals surface area contributed by atoms with Crippen LogP contribution in [0.15, 0.2) is 12.4 Å². The summed E-state index contributed by atoms with van der Waals surface area (Å²) in [6.45, 7) is 4.33. The summed E-state index contributed by atoms with van der Waals surface area (Å²) in [6.07, 6.45) is 4.59. The highest BCUT2D eigenvalue weighted by atomic mass is 16.3. The SMILES string of the molecule is CC1CCN(c2ncc(CO)cn2)C1. The first-order valence-corrected chi connectivity index (χ1v) is 4.96. The second-order valence-corrected chi connectivity index (χ2v) is 3.89. The molecule has 2 heterocycles. The highest BCUT2D eigenvalue weighted by Crippen LogP contribution is 2.19. The average Bonchev–Trinajstić information content (AvgIpc) is 2.65. The van der Waals surface area contributed by atoms with E-state index in [4.69, 9.17) is 5.11 Å². The molecular weight excluding hydrogens is 178 g/mol. The number of aliphatic hydroxyl groups is 1. The van der Waals surface area contributed by atoms with Crippen molar-refractivity contribution in [1.29, 1.82) is 0 Å². The zero-order chi connectivity index (χ0) is 9.97. The van der Waals surface area contributed by atoms with Crippen LogP contribution in [-0.2, 0) is 6.61 Å². The molecule has 1 aliphatic heterocycles. The van der Waals surface area contributed by atoms with Crippen LogP contribution in [0.5, 0.6) is 0 Å². The van der Waals surface area contributed by atoms with Crippen LogP contribution in [0.4, 0.5) is 5.95 Å². The molecule has 0 saturated carbocycles. The van der Waals surface area contributed by atoms with E-state index in [0.29, 0.717) is 0 Å². The van der Waals surface area contributed by atoms with E-state index in [1.807, 2.05) is 0 Å². The van der Waals surface area contributed by atoms with Crippen molar-refractivity contribution in [1.82, 2.24) is 9.97 Å². The number of aliphatic hydroxyl groups excluding tert-OH is 1. The first-order chi connectivity index (χ1) is 6.79. The Morgan fingerprint density at radius 3 is 2.71 bits per heavy atom. The first kappa shape index (κ1) is 9.40. The third kappa shape index (κ3) is 1.85. The highest BCUT2D eigenvalue weighted by molar-refractivity contribution is 5.31. The molecule has 0 aromatic carbocycles. The Labute approximate surface area is 83.6 Å². The minimum atomic E-state index is 0.0106. The van der Waals surface area contributed by atoms with Gasteiger partial charge in [0.15, 0.2) is 0 Å². The summed E-state index contributed by atoms with van der Waals surface area (Å²) in [7, 11) is 0. The maximum absolute atomic E-state index is 8.84. The van der Waals surface area contributed by atoms with Gasteiger partial charge in [-0.2, -0.15) is 0 Å². The molecule has 0 spiro atoms. The normalized spacial score (nSPS) is 21.6. The number of hydrogen-bond acceptors (Lipinski definition) is 4. The van der Waals surface area contributed by atoms with Crippen molar-refractivity contribution in [2.45, 2.75) is 20.0 Å². The highest BCUT2D eigenvalue weighted by Gasteiger charge is 2.20. The third-order valence-corrected chi connectivity index (χ3v) is 2.58. The van der Waals surface area contributed by atoms with E-state index in [9.17, 15) is 0 Å². The number of aromatic nitrogens is 2. The van der Waals surface area contributed by atoms with Crippen LogP contribution in [0.3, 0.4) is 0 Å². The van der Waals surface area contributed by atoms with Gasteiger partial charge in [0.2, 0.25) is 5.95 Å². The Bertz CT molecular complexity index is 299. The van der Waals surface area contributed by atoms with Crippen LogP contribution in [0.25, 0.3) is 0 Å². The summed E-state index contributed by atoms with van der Waals surface area (Å²) in [5, 5.41) is 8.84. The van der Waals surface area contributed by atoms with E-state index in [1.54, 1.807) is 12.4 Å². The van der Waals surface area contributed by atoms with Crippen LogP contribution < -0.4 is 4.90 Å². The summed E-state index contributed by atoms with van der Waals surface area (Å²) >= 11 is 0. The molecule has 1 aliphatic rings. The Kier molecular flexibility index (Phi) is 2.63. The molecule has 0 amide bonds. The Hall–Kier alpha value is -1.16. The monoisotopic (exact) mass is 193 g/mol. The minimum Gasteiger partial charge on any atom is -0.392 e. The van der Waals surface area contributed by atoms with E-state index < -0.39 is 0 Å². The van der Waals surface area contributed by atoms with Gasteiger partial charge in [-0.15, -0.1) is 0 Å². The molecule has 4 nitrogen and oxygen atoms in total. The van der Waals surface area contributed by atoms with Gasteiger partial charge in [-0.05, 0) is 12.3 Å². The van der Waals surface area contributed by atoms with Gasteiger partial charge in [0.25, 0.3) is 0 Å². The topological polar surface area (TPSA) is 49.2 Å². The molecule has 76 valence electrons. The number of hydrogen-bond donors (Lipinski definition) is 1. The second-order valence-electron chi connectivity index (χ2n) is 3.89. The molecule has 1 unspecified atom stereocenters. The fourth-order valence-electron chi connectivity index (χ4n) is 1.71. The van der Waals surface area contributed by atoms with Gasteiger partial charge in [0.05, 0.1) is 6.61 Å². The van der Waals surface area contributed by atoms with Crippen molar-refractivity contribution in [3.63, 3.8) is 0 Å². The van der Waals surface area contributed by atoms with Gasteiger partial charge >= 0.3 is 0 Å². The molecule has 14 heavy (non-hydrogen) atoms. The Morgan fingerprint density at radius 1 is 1.50 bits per heavy atom. The van der Waals surface area contributed by atoms with Gasteiger partial charge in [-0.3, -0.25) is 0 Å². The first-order valence-electron chi connectivity index (χ1n) is 4.96. The summed E-state index contributed by atoms with van der Waals surface area (Å²) in [6, 6.07) is 0. The summed E-state index contributed by atoms with van der Waals surface area (Å²) < 4.78 is 0. The van der Waals surface area contributed by atoms with Crippen molar-refractivity contribution in [2.24, 2.45) is 5.92 Å². The Morgan fingerprint density at radius 2 is 2.21 bits per heavy atom. The molecule has 1 aromatic heterocycles. The second kappa shape index (κ2) is 3.92. The lowest BCUT2D eigenvalue weighted by Crippen LogP contribution is -2.21. The summed E-state index contributed by atoms with van der Waals surface area (Å²) in [5.74, 6) is 1.52. The maximum Gasteiger partial charge on any atom is 0.225 e. The van der Waals surface area contributed by atoms with E-state index in [2.05, 4.69) is 21.8 Å². The van der Waals surface area contributed by atoms with Gasteiger partial charge in [0.1, 0.15) is 0 Å². The maximum atomic E-state index is 8.84. The molecule has 1 fully saturated rings. The molecule has 1 aromatic rings. The van der Waals surface area contributed by atoms with Gasteiger partial charge < -0.3 is 10.0 Å². The van der Waals surface area contributed by atoms with E-state index in [0.717, 1.165) is 30.5 Å². The molecule has 1 N–H and O–H groups in total. The molecule has 0 aliphatic carbocycles. The number of nitrogens with zero attached hydrogens (tertiary/aromatic N) is 3. The number of anilines is 1. The van der Waals surface area contributed by atoms with Gasteiger partial charge in [-0.25, -0.2) is 9.97 Å². The molecular formula is C10H15N3O. The zero-order valence-electron chi connectivity index (χ0n) is 8.35. The summed E-state index contributed by atoms with van der Waals surface area (Å²) in [4.78, 5) is 10.6. The van der Waals surface area contributed by atoms with E-state index >= 15 is 0 Å². The standard InChI is InChI=1S/C10H15N3O/c1-8-2-3-13(6-8)10-11-4-9(7-14)5-12-10/h4-5,8,14H,2-3,6-7H2,1H3. The van der Waals surface area contributed by atoms with Crippen molar-refractivity contribution < 1.29 is 5.11 Å². The quantitative estimate of drug-likeness (QED) is 0.755. The molecule has 4 heteroatoms. The van der Waals surface area contributed by atoms with Crippen LogP contribution in [-0.4, -0.2) is 28.2 Å². The molecule has 1 atom stereocenters. The van der Waals surface area contributed by atoms with Crippen molar-refractivity contribution in [2.75, 3.05) is 18.0 Å². The van der Waals surface area contributed by atoms with Gasteiger partial charge in [0, 0.05) is 31.0 Å². The fraction of sp³-hybridized carbons (Fsp3) is 0.600. The van der Waals surface area contributed by atoms with Crippen LogP contribution >= 0.6 is 0 Å². The van der Waals surface area contributed by atoms with Crippen LogP contribution in [0.1, 0.15) is 18.9 Å². The third-order valence-electron chi connectivity index (χ3n) is 2.58. The predicted octanol–water partition coefficient (Wildman–Crippen LogP) is 0.815. The molecule has 1 saturated heterocycles. The van der Waals surface area contributed by atoms with Crippen LogP contribution in [0, 0.1) is 5.92 Å². The van der Waals surface area contributed by atoms with E-state index in [-0.39, 0.29) is 6.61 Å². The lowest BCUT2D eigenvalue weighted by Gasteiger charge is -2.15. The largest absolute Gasteiger partial charge is 0.392 e. The lowest BCUT2D eigenvalue weighted by molar-refractivity contribution is 0.281. The lowest BCUT2D eigenvalue weighted by atomic mass is 10.2. The zero-order valence-corrected chi connectivity index (χ0v) is 8.35. The van der Waals surface area contributed by atoms with Gasteiger partial charge in [-0.1, -0.05) is 6.92 Å². The number of rotatable bonds is 2. The molecule has 2 rings (SSSR count). The van der Waals surface area contributed by atoms with E-state index in [1.165, 1.54) is 6.42 Å². The van der Waals surface area contributed by atoms with Crippen molar-refractivity contribution in [3.8, 4) is 0 Å². The summed E-state index contributed by atoms with van der Waals surface area (Å²) in [5.41, 5.74) is 0.765. The molecule has 0 bridgehead atoms. The smallest absolute Gasteiger partial charge is 0.225 e. The predicted molar refractivity (Wildman–Crippen MR) is 53.9 cm³/mol. The van der Waals surface area contributed by atoms with Crippen molar-refractivity contribution >= 4 is 5.95 Å². The molecule has 0 radical (unpaired) electrons. The average molecular weight is 193 g/mol. The van der Waals surface area contributed by atoms with Crippen molar-refractivity contribution in [3.05, 3.63) is 18.0 Å². The fourth-order valence-corrected chi connectivity index (χ4v) is 1.71. The minimum absolute atomic E-state index is 0.0106.